The number of benzene rings is 1. The van der Waals surface area contributed by atoms with Gasteiger partial charge in [0.05, 0.1) is 6.61 Å². The third kappa shape index (κ3) is 2.23. The highest BCUT2D eigenvalue weighted by molar-refractivity contribution is 6.07. The number of carbonyl (C=O) groups is 2. The maximum atomic E-state index is 12.4. The molecule has 0 heterocycles. The predicted molar refractivity (Wildman–Crippen MR) is 71.6 cm³/mol. The van der Waals surface area contributed by atoms with Gasteiger partial charge < -0.3 is 9.64 Å². The van der Waals surface area contributed by atoms with Gasteiger partial charge in [0.2, 0.25) is 5.91 Å². The molecule has 1 saturated carbocycles. The molecule has 0 radical (unpaired) electrons. The van der Waals surface area contributed by atoms with Crippen LogP contribution in [0.25, 0.3) is 0 Å². The molecule has 4 heteroatoms. The standard InChI is InChI=1S/C15H19NO3/c1-4-19-14(18)15(13(17)16(2)3)10-12(15)11-8-6-5-7-9-11/h5-9,12H,4,10H2,1-3H3/t12-,15+/m1/s1. The van der Waals surface area contributed by atoms with Gasteiger partial charge in [0, 0.05) is 20.0 Å². The SMILES string of the molecule is CCOC(=O)[C@@]1(C(=O)N(C)C)C[C@@H]1c1ccccc1. The van der Waals surface area contributed by atoms with Crippen molar-refractivity contribution in [3.8, 4) is 0 Å². The Morgan fingerprint density at radius 2 is 1.95 bits per heavy atom. The average Bonchev–Trinajstić information content (AvgIpc) is 3.16. The van der Waals surface area contributed by atoms with E-state index < -0.39 is 11.4 Å². The second-order valence-corrected chi connectivity index (χ2v) is 5.06. The molecule has 1 aliphatic carbocycles. The molecule has 1 aromatic carbocycles. The summed E-state index contributed by atoms with van der Waals surface area (Å²) in [5, 5.41) is 0. The summed E-state index contributed by atoms with van der Waals surface area (Å²) in [6.07, 6.45) is 0.535. The molecule has 0 bridgehead atoms. The molecule has 0 aliphatic heterocycles. The Bertz CT molecular complexity index is 483. The Morgan fingerprint density at radius 1 is 1.32 bits per heavy atom. The number of hydrogen-bond acceptors (Lipinski definition) is 3. The van der Waals surface area contributed by atoms with Gasteiger partial charge in [0.15, 0.2) is 5.41 Å². The first-order valence-corrected chi connectivity index (χ1v) is 6.48. The molecule has 0 N–H and O–H groups in total. The minimum absolute atomic E-state index is 0.0670. The van der Waals surface area contributed by atoms with E-state index in [1.165, 1.54) is 4.90 Å². The second-order valence-electron chi connectivity index (χ2n) is 5.06. The summed E-state index contributed by atoms with van der Waals surface area (Å²) < 4.78 is 5.11. The Kier molecular flexibility index (Phi) is 3.60. The number of esters is 1. The van der Waals surface area contributed by atoms with Crippen LogP contribution in [0, 0.1) is 5.41 Å². The molecule has 19 heavy (non-hydrogen) atoms. The minimum Gasteiger partial charge on any atom is -0.465 e. The van der Waals surface area contributed by atoms with Crippen LogP contribution in [0.5, 0.6) is 0 Å². The number of ether oxygens (including phenoxy) is 1. The van der Waals surface area contributed by atoms with Gasteiger partial charge in [-0.3, -0.25) is 9.59 Å². The highest BCUT2D eigenvalue weighted by Gasteiger charge is 2.67. The lowest BCUT2D eigenvalue weighted by Gasteiger charge is -2.20. The zero-order valence-electron chi connectivity index (χ0n) is 11.6. The number of amides is 1. The fraction of sp³-hybridized carbons (Fsp3) is 0.467. The van der Waals surface area contributed by atoms with Gasteiger partial charge in [-0.25, -0.2) is 0 Å². The van der Waals surface area contributed by atoms with Crippen LogP contribution in [-0.2, 0) is 14.3 Å². The van der Waals surface area contributed by atoms with Crippen molar-refractivity contribution in [2.75, 3.05) is 20.7 Å². The maximum absolute atomic E-state index is 12.4. The largest absolute Gasteiger partial charge is 0.465 e. The summed E-state index contributed by atoms with van der Waals surface area (Å²) in [7, 11) is 3.34. The lowest BCUT2D eigenvalue weighted by molar-refractivity contribution is -0.157. The quantitative estimate of drug-likeness (QED) is 0.613. The fourth-order valence-corrected chi connectivity index (χ4v) is 2.56. The van der Waals surface area contributed by atoms with Crippen LogP contribution in [0.2, 0.25) is 0 Å². The Balaban J connectivity index is 2.30. The summed E-state index contributed by atoms with van der Waals surface area (Å²) >= 11 is 0. The van der Waals surface area contributed by atoms with Crippen molar-refractivity contribution in [2.45, 2.75) is 19.3 Å². The van der Waals surface area contributed by atoms with Crippen molar-refractivity contribution in [1.82, 2.24) is 4.90 Å². The molecule has 4 nitrogen and oxygen atoms in total. The van der Waals surface area contributed by atoms with Crippen LogP contribution >= 0.6 is 0 Å². The van der Waals surface area contributed by atoms with Crippen molar-refractivity contribution >= 4 is 11.9 Å². The van der Waals surface area contributed by atoms with Gasteiger partial charge in [0.25, 0.3) is 0 Å². The average molecular weight is 261 g/mol. The molecule has 2 rings (SSSR count). The first-order valence-electron chi connectivity index (χ1n) is 6.48. The van der Waals surface area contributed by atoms with Gasteiger partial charge in [-0.1, -0.05) is 30.3 Å². The molecule has 0 unspecified atom stereocenters. The molecule has 0 aromatic heterocycles. The Hall–Kier alpha value is -1.84. The van der Waals surface area contributed by atoms with Crippen molar-refractivity contribution in [3.05, 3.63) is 35.9 Å². The molecule has 1 fully saturated rings. The van der Waals surface area contributed by atoms with E-state index in [1.54, 1.807) is 21.0 Å². The maximum Gasteiger partial charge on any atom is 0.322 e. The number of nitrogens with zero attached hydrogens (tertiary/aromatic N) is 1. The minimum atomic E-state index is -1.01. The van der Waals surface area contributed by atoms with Gasteiger partial charge in [-0.2, -0.15) is 0 Å². The zero-order chi connectivity index (χ0) is 14.0. The van der Waals surface area contributed by atoms with E-state index in [2.05, 4.69) is 0 Å². The third-order valence-corrected chi connectivity index (χ3v) is 3.59. The van der Waals surface area contributed by atoms with Crippen molar-refractivity contribution in [2.24, 2.45) is 5.41 Å². The summed E-state index contributed by atoms with van der Waals surface area (Å²) in [4.78, 5) is 26.0. The normalized spacial score (nSPS) is 24.7. The molecule has 1 aliphatic rings. The van der Waals surface area contributed by atoms with Crippen LogP contribution in [0.1, 0.15) is 24.8 Å². The summed E-state index contributed by atoms with van der Waals surface area (Å²) in [5.74, 6) is -0.634. The lowest BCUT2D eigenvalue weighted by atomic mass is 9.97. The van der Waals surface area contributed by atoms with Crippen LogP contribution in [-0.4, -0.2) is 37.5 Å². The summed E-state index contributed by atoms with van der Waals surface area (Å²) in [6.45, 7) is 2.05. The van der Waals surface area contributed by atoms with Gasteiger partial charge in [-0.05, 0) is 18.9 Å². The zero-order valence-corrected chi connectivity index (χ0v) is 11.6. The van der Waals surface area contributed by atoms with E-state index in [0.717, 1.165) is 5.56 Å². The van der Waals surface area contributed by atoms with Gasteiger partial charge in [0.1, 0.15) is 0 Å². The Labute approximate surface area is 113 Å². The third-order valence-electron chi connectivity index (χ3n) is 3.59. The van der Waals surface area contributed by atoms with Crippen molar-refractivity contribution in [3.63, 3.8) is 0 Å². The van der Waals surface area contributed by atoms with Gasteiger partial charge >= 0.3 is 5.97 Å². The highest BCUT2D eigenvalue weighted by atomic mass is 16.5. The van der Waals surface area contributed by atoms with Gasteiger partial charge in [-0.15, -0.1) is 0 Å². The first-order chi connectivity index (χ1) is 9.04. The van der Waals surface area contributed by atoms with Crippen molar-refractivity contribution in [1.29, 1.82) is 0 Å². The molecule has 1 amide bonds. The lowest BCUT2D eigenvalue weighted by Crippen LogP contribution is -2.38. The topological polar surface area (TPSA) is 46.6 Å². The van der Waals surface area contributed by atoms with Crippen LogP contribution in [0.4, 0.5) is 0 Å². The molecular weight excluding hydrogens is 242 g/mol. The molecule has 0 saturated heterocycles. The fourth-order valence-electron chi connectivity index (χ4n) is 2.56. The van der Waals surface area contributed by atoms with E-state index in [0.29, 0.717) is 13.0 Å². The summed E-state index contributed by atoms with van der Waals surface area (Å²) in [5.41, 5.74) is 0.00618. The van der Waals surface area contributed by atoms with E-state index in [-0.39, 0.29) is 11.8 Å². The molecule has 2 atom stereocenters. The molecular formula is C15H19NO3. The number of carbonyl (C=O) groups excluding carboxylic acids is 2. The number of rotatable bonds is 4. The van der Waals surface area contributed by atoms with Crippen LogP contribution < -0.4 is 0 Å². The van der Waals surface area contributed by atoms with E-state index in [9.17, 15) is 9.59 Å². The van der Waals surface area contributed by atoms with E-state index in [1.807, 2.05) is 30.3 Å². The monoisotopic (exact) mass is 261 g/mol. The smallest absolute Gasteiger partial charge is 0.322 e. The molecule has 1 aromatic rings. The highest BCUT2D eigenvalue weighted by Crippen LogP contribution is 2.60. The van der Waals surface area contributed by atoms with Crippen LogP contribution in [0.3, 0.4) is 0 Å². The Morgan fingerprint density at radius 3 is 2.47 bits per heavy atom. The molecule has 102 valence electrons. The molecule has 0 spiro atoms. The predicted octanol–water partition coefficient (Wildman–Crippen LogP) is 1.81. The van der Waals surface area contributed by atoms with Crippen LogP contribution in [0.15, 0.2) is 30.3 Å². The second kappa shape index (κ2) is 5.03. The van der Waals surface area contributed by atoms with E-state index >= 15 is 0 Å². The number of hydrogen-bond donors (Lipinski definition) is 0. The van der Waals surface area contributed by atoms with Crippen molar-refractivity contribution < 1.29 is 14.3 Å². The first kappa shape index (κ1) is 13.6. The summed E-state index contributed by atoms with van der Waals surface area (Å²) in [6, 6.07) is 9.67. The van der Waals surface area contributed by atoms with E-state index in [4.69, 9.17) is 4.74 Å².